The minimum atomic E-state index is -0.559. The van der Waals surface area contributed by atoms with Gasteiger partial charge in [0.1, 0.15) is 11.4 Å². The van der Waals surface area contributed by atoms with Crippen molar-refractivity contribution in [1.29, 1.82) is 0 Å². The predicted molar refractivity (Wildman–Crippen MR) is 91.7 cm³/mol. The summed E-state index contributed by atoms with van der Waals surface area (Å²) in [6.07, 6.45) is 1.06. The van der Waals surface area contributed by atoms with Crippen molar-refractivity contribution in [2.75, 3.05) is 0 Å². The van der Waals surface area contributed by atoms with E-state index in [1.165, 1.54) is 0 Å². The highest BCUT2D eigenvalue weighted by Crippen LogP contribution is 2.39. The Morgan fingerprint density at radius 3 is 2.46 bits per heavy atom. The van der Waals surface area contributed by atoms with Crippen molar-refractivity contribution in [3.63, 3.8) is 0 Å². The molecule has 5 nitrogen and oxygen atoms in total. The number of hydrogen-bond acceptors (Lipinski definition) is 4. The van der Waals surface area contributed by atoms with Crippen LogP contribution in [0.3, 0.4) is 0 Å². The Labute approximate surface area is 143 Å². The van der Waals surface area contributed by atoms with Gasteiger partial charge in [-0.2, -0.15) is 0 Å². The number of carbonyl (C=O) groups excluding carboxylic acids is 2. The van der Waals surface area contributed by atoms with Crippen LogP contribution in [0.4, 0.5) is 4.79 Å². The van der Waals surface area contributed by atoms with E-state index in [0.717, 1.165) is 12.0 Å². The highest BCUT2D eigenvalue weighted by atomic mass is 16.6. The normalized spacial score (nSPS) is 20.9. The quantitative estimate of drug-likeness (QED) is 0.647. The second kappa shape index (κ2) is 7.24. The maximum absolute atomic E-state index is 12.1. The fraction of sp³-hybridized carbons (Fsp3) is 0.579. The lowest BCUT2D eigenvalue weighted by Gasteiger charge is -2.24. The number of ether oxygens (including phenoxy) is 2. The molecule has 1 aromatic rings. The first-order valence-corrected chi connectivity index (χ1v) is 8.51. The van der Waals surface area contributed by atoms with Gasteiger partial charge in [0, 0.05) is 5.56 Å². The van der Waals surface area contributed by atoms with E-state index < -0.39 is 11.7 Å². The van der Waals surface area contributed by atoms with Crippen LogP contribution in [-0.2, 0) is 9.53 Å². The van der Waals surface area contributed by atoms with E-state index in [9.17, 15) is 9.59 Å². The zero-order valence-corrected chi connectivity index (χ0v) is 15.1. The summed E-state index contributed by atoms with van der Waals surface area (Å²) in [7, 11) is 0. The molecule has 0 radical (unpaired) electrons. The first kappa shape index (κ1) is 18.3. The topological polar surface area (TPSA) is 64.6 Å². The fourth-order valence-corrected chi connectivity index (χ4v) is 2.55. The molecule has 0 heterocycles. The second-order valence-electron chi connectivity index (χ2n) is 7.39. The Morgan fingerprint density at radius 2 is 1.92 bits per heavy atom. The van der Waals surface area contributed by atoms with Crippen molar-refractivity contribution in [2.24, 2.45) is 11.8 Å². The molecule has 0 saturated heterocycles. The lowest BCUT2D eigenvalue weighted by Crippen LogP contribution is -2.35. The highest BCUT2D eigenvalue weighted by Gasteiger charge is 2.41. The Morgan fingerprint density at radius 1 is 1.29 bits per heavy atom. The van der Waals surface area contributed by atoms with Crippen LogP contribution in [0.5, 0.6) is 5.75 Å². The number of benzene rings is 1. The molecule has 1 aliphatic carbocycles. The molecular weight excluding hydrogens is 306 g/mol. The summed E-state index contributed by atoms with van der Waals surface area (Å²) in [6.45, 7) is 9.46. The van der Waals surface area contributed by atoms with Crippen LogP contribution in [0.25, 0.3) is 0 Å². The SMILES string of the molecule is CCC(NC(=O)OC(C)(C)C)c1ccccc1OC(=O)C1CC1C. The molecule has 1 aromatic carbocycles. The van der Waals surface area contributed by atoms with Gasteiger partial charge in [-0.15, -0.1) is 0 Å². The number of carbonyl (C=O) groups is 2. The van der Waals surface area contributed by atoms with Gasteiger partial charge in [0.2, 0.25) is 0 Å². The van der Waals surface area contributed by atoms with Crippen LogP contribution in [0, 0.1) is 11.8 Å². The Kier molecular flexibility index (Phi) is 5.52. The van der Waals surface area contributed by atoms with Crippen molar-refractivity contribution < 1.29 is 19.1 Å². The second-order valence-corrected chi connectivity index (χ2v) is 7.39. The van der Waals surface area contributed by atoms with Gasteiger partial charge < -0.3 is 14.8 Å². The molecule has 0 bridgehead atoms. The smallest absolute Gasteiger partial charge is 0.408 e. The van der Waals surface area contributed by atoms with Gasteiger partial charge in [0.25, 0.3) is 0 Å². The molecule has 1 N–H and O–H groups in total. The van der Waals surface area contributed by atoms with E-state index in [1.807, 2.05) is 52.8 Å². The Balaban J connectivity index is 2.10. The minimum Gasteiger partial charge on any atom is -0.444 e. The number of amides is 1. The van der Waals surface area contributed by atoms with Crippen molar-refractivity contribution in [2.45, 2.75) is 59.1 Å². The first-order chi connectivity index (χ1) is 11.2. The lowest BCUT2D eigenvalue weighted by molar-refractivity contribution is -0.136. The molecule has 0 aliphatic heterocycles. The predicted octanol–water partition coefficient (Wildman–Crippen LogP) is 4.22. The zero-order valence-electron chi connectivity index (χ0n) is 15.1. The third-order valence-electron chi connectivity index (χ3n) is 4.02. The van der Waals surface area contributed by atoms with Gasteiger partial charge in [-0.1, -0.05) is 32.0 Å². The van der Waals surface area contributed by atoms with Crippen molar-refractivity contribution in [1.82, 2.24) is 5.32 Å². The van der Waals surface area contributed by atoms with E-state index in [0.29, 0.717) is 18.1 Å². The highest BCUT2D eigenvalue weighted by molar-refractivity contribution is 5.78. The van der Waals surface area contributed by atoms with Gasteiger partial charge in [-0.3, -0.25) is 4.79 Å². The molecule has 2 rings (SSSR count). The van der Waals surface area contributed by atoms with Crippen LogP contribution in [0.2, 0.25) is 0 Å². The number of esters is 1. The van der Waals surface area contributed by atoms with Crippen LogP contribution in [0.1, 0.15) is 59.1 Å². The molecule has 24 heavy (non-hydrogen) atoms. The van der Waals surface area contributed by atoms with Crippen LogP contribution >= 0.6 is 0 Å². The third kappa shape index (κ3) is 4.98. The Bertz CT molecular complexity index is 606. The Hall–Kier alpha value is -2.04. The summed E-state index contributed by atoms with van der Waals surface area (Å²) in [6, 6.07) is 7.04. The molecule has 1 fully saturated rings. The summed E-state index contributed by atoms with van der Waals surface area (Å²) in [5.41, 5.74) is 0.226. The van der Waals surface area contributed by atoms with Gasteiger partial charge in [-0.25, -0.2) is 4.79 Å². The largest absolute Gasteiger partial charge is 0.444 e. The van der Waals surface area contributed by atoms with Crippen molar-refractivity contribution in [3.05, 3.63) is 29.8 Å². The van der Waals surface area contributed by atoms with E-state index in [-0.39, 0.29) is 17.9 Å². The zero-order chi connectivity index (χ0) is 17.9. The average molecular weight is 333 g/mol. The standard InChI is InChI=1S/C19H27NO4/c1-6-15(20-18(22)24-19(3,4)5)13-9-7-8-10-16(13)23-17(21)14-11-12(14)2/h7-10,12,14-15H,6,11H2,1-5H3,(H,20,22). The van der Waals surface area contributed by atoms with Crippen LogP contribution in [-0.4, -0.2) is 17.7 Å². The number of rotatable bonds is 5. The van der Waals surface area contributed by atoms with Gasteiger partial charge >= 0.3 is 12.1 Å². The fourth-order valence-electron chi connectivity index (χ4n) is 2.55. The molecule has 132 valence electrons. The summed E-state index contributed by atoms with van der Waals surface area (Å²) >= 11 is 0. The third-order valence-corrected chi connectivity index (χ3v) is 4.02. The van der Waals surface area contributed by atoms with Crippen molar-refractivity contribution >= 4 is 12.1 Å². The molecule has 1 saturated carbocycles. The minimum absolute atomic E-state index is 0.00283. The lowest BCUT2D eigenvalue weighted by atomic mass is 10.0. The van der Waals surface area contributed by atoms with E-state index >= 15 is 0 Å². The maximum atomic E-state index is 12.1. The van der Waals surface area contributed by atoms with Gasteiger partial charge in [0.05, 0.1) is 12.0 Å². The summed E-state index contributed by atoms with van der Waals surface area (Å²) in [5, 5.41) is 2.85. The number of hydrogen-bond donors (Lipinski definition) is 1. The van der Waals surface area contributed by atoms with E-state index in [1.54, 1.807) is 6.07 Å². The molecule has 5 heteroatoms. The molecule has 0 aromatic heterocycles. The number of nitrogens with one attached hydrogen (secondary N) is 1. The number of para-hydroxylation sites is 1. The van der Waals surface area contributed by atoms with Crippen molar-refractivity contribution in [3.8, 4) is 5.75 Å². The molecule has 1 amide bonds. The molecule has 1 aliphatic rings. The van der Waals surface area contributed by atoms with Crippen LogP contribution in [0.15, 0.2) is 24.3 Å². The van der Waals surface area contributed by atoms with Gasteiger partial charge in [0.15, 0.2) is 0 Å². The molecule has 3 unspecified atom stereocenters. The summed E-state index contributed by atoms with van der Waals surface area (Å²) in [4.78, 5) is 24.2. The average Bonchev–Trinajstić information content (AvgIpc) is 3.21. The monoisotopic (exact) mass is 333 g/mol. The molecule has 3 atom stereocenters. The first-order valence-electron chi connectivity index (χ1n) is 8.51. The maximum Gasteiger partial charge on any atom is 0.408 e. The van der Waals surface area contributed by atoms with E-state index in [2.05, 4.69) is 5.32 Å². The number of alkyl carbamates (subject to hydrolysis) is 1. The summed E-state index contributed by atoms with van der Waals surface area (Å²) in [5.74, 6) is 0.704. The molecular formula is C19H27NO4. The summed E-state index contributed by atoms with van der Waals surface area (Å²) < 4.78 is 10.9. The van der Waals surface area contributed by atoms with E-state index in [4.69, 9.17) is 9.47 Å². The van der Waals surface area contributed by atoms with Gasteiger partial charge in [-0.05, 0) is 45.6 Å². The molecule has 0 spiro atoms. The van der Waals surface area contributed by atoms with Crippen LogP contribution < -0.4 is 10.1 Å².